The summed E-state index contributed by atoms with van der Waals surface area (Å²) in [5, 5.41) is 14.0. The smallest absolute Gasteiger partial charge is 0.338 e. The summed E-state index contributed by atoms with van der Waals surface area (Å²) in [6.07, 6.45) is 0. The summed E-state index contributed by atoms with van der Waals surface area (Å²) < 4.78 is 15.6. The van der Waals surface area contributed by atoms with E-state index >= 15 is 0 Å². The first-order chi connectivity index (χ1) is 14.0. The van der Waals surface area contributed by atoms with E-state index in [4.69, 9.17) is 14.2 Å². The number of carbonyl (C=O) groups excluding carboxylic acids is 2. The molecular weight excluding hydrogens is 396 g/mol. The van der Waals surface area contributed by atoms with Gasteiger partial charge in [0.2, 0.25) is 0 Å². The summed E-state index contributed by atoms with van der Waals surface area (Å²) in [6, 6.07) is 10.9. The van der Waals surface area contributed by atoms with Crippen LogP contribution in [0.1, 0.15) is 10.4 Å². The van der Waals surface area contributed by atoms with Crippen LogP contribution >= 0.6 is 11.3 Å². The van der Waals surface area contributed by atoms with Gasteiger partial charge in [-0.05, 0) is 42.5 Å². The minimum absolute atomic E-state index is 0.0338. The molecule has 150 valence electrons. The Labute approximate surface area is 170 Å². The van der Waals surface area contributed by atoms with Crippen molar-refractivity contribution in [1.29, 1.82) is 0 Å². The number of ether oxygens (including phenoxy) is 3. The third-order valence-electron chi connectivity index (χ3n) is 3.87. The Bertz CT molecular complexity index is 1020. The van der Waals surface area contributed by atoms with E-state index in [-0.39, 0.29) is 11.3 Å². The van der Waals surface area contributed by atoms with E-state index in [0.717, 1.165) is 5.56 Å². The molecule has 0 spiro atoms. The predicted octanol–water partition coefficient (Wildman–Crippen LogP) is 3.33. The Morgan fingerprint density at radius 1 is 1.10 bits per heavy atom. The van der Waals surface area contributed by atoms with Crippen LogP contribution in [0, 0.1) is 0 Å². The van der Waals surface area contributed by atoms with E-state index in [9.17, 15) is 14.7 Å². The number of hydrogen-bond acceptors (Lipinski definition) is 8. The molecule has 8 nitrogen and oxygen atoms in total. The van der Waals surface area contributed by atoms with Gasteiger partial charge in [0.05, 0.1) is 25.5 Å². The SMILES string of the molecule is COc1ccc(OC)c(-c2csc(NC(=O)COC(=O)c3ccc(O)cc3)n2)c1. The fourth-order valence-electron chi connectivity index (χ4n) is 2.44. The van der Waals surface area contributed by atoms with Gasteiger partial charge >= 0.3 is 5.97 Å². The average molecular weight is 414 g/mol. The number of anilines is 1. The summed E-state index contributed by atoms with van der Waals surface area (Å²) in [5.41, 5.74) is 1.57. The lowest BCUT2D eigenvalue weighted by molar-refractivity contribution is -0.119. The molecule has 3 rings (SSSR count). The number of phenolic OH excluding ortho intramolecular Hbond substituents is 1. The number of phenols is 1. The zero-order valence-corrected chi connectivity index (χ0v) is 16.5. The maximum atomic E-state index is 12.1. The van der Waals surface area contributed by atoms with Crippen LogP contribution in [-0.4, -0.2) is 42.8 Å². The number of hydrogen-bond donors (Lipinski definition) is 2. The van der Waals surface area contributed by atoms with Gasteiger partial charge in [-0.1, -0.05) is 0 Å². The van der Waals surface area contributed by atoms with Gasteiger partial charge in [-0.3, -0.25) is 10.1 Å². The topological polar surface area (TPSA) is 107 Å². The molecule has 0 saturated carbocycles. The molecule has 0 saturated heterocycles. The third kappa shape index (κ3) is 5.02. The lowest BCUT2D eigenvalue weighted by atomic mass is 10.1. The van der Waals surface area contributed by atoms with E-state index in [2.05, 4.69) is 10.3 Å². The van der Waals surface area contributed by atoms with Crippen molar-refractivity contribution in [3.8, 4) is 28.5 Å². The van der Waals surface area contributed by atoms with Gasteiger partial charge < -0.3 is 19.3 Å². The molecule has 0 bridgehead atoms. The van der Waals surface area contributed by atoms with Crippen molar-refractivity contribution in [3.05, 3.63) is 53.4 Å². The quantitative estimate of drug-likeness (QED) is 0.571. The van der Waals surface area contributed by atoms with Crippen molar-refractivity contribution in [2.45, 2.75) is 0 Å². The molecule has 0 aliphatic heterocycles. The second-order valence-electron chi connectivity index (χ2n) is 5.78. The zero-order valence-electron chi connectivity index (χ0n) is 15.7. The number of nitrogens with one attached hydrogen (secondary N) is 1. The predicted molar refractivity (Wildman–Crippen MR) is 108 cm³/mol. The molecule has 2 aromatic carbocycles. The van der Waals surface area contributed by atoms with Crippen molar-refractivity contribution in [1.82, 2.24) is 4.98 Å². The highest BCUT2D eigenvalue weighted by Gasteiger charge is 2.14. The lowest BCUT2D eigenvalue weighted by Crippen LogP contribution is -2.20. The van der Waals surface area contributed by atoms with Gasteiger partial charge in [0, 0.05) is 10.9 Å². The first kappa shape index (κ1) is 20.2. The van der Waals surface area contributed by atoms with Crippen molar-refractivity contribution < 1.29 is 28.9 Å². The highest BCUT2D eigenvalue weighted by molar-refractivity contribution is 7.14. The molecular formula is C20H18N2O6S. The van der Waals surface area contributed by atoms with E-state index in [0.29, 0.717) is 22.3 Å². The van der Waals surface area contributed by atoms with Crippen LogP contribution in [-0.2, 0) is 9.53 Å². The van der Waals surface area contributed by atoms with Crippen molar-refractivity contribution in [3.63, 3.8) is 0 Å². The van der Waals surface area contributed by atoms with Crippen molar-refractivity contribution in [2.24, 2.45) is 0 Å². The van der Waals surface area contributed by atoms with Gasteiger partial charge in [0.25, 0.3) is 5.91 Å². The molecule has 1 amide bonds. The largest absolute Gasteiger partial charge is 0.508 e. The Kier molecular flexibility index (Phi) is 6.30. The second-order valence-corrected chi connectivity index (χ2v) is 6.63. The fraction of sp³-hybridized carbons (Fsp3) is 0.150. The Morgan fingerprint density at radius 2 is 1.86 bits per heavy atom. The first-order valence-corrected chi connectivity index (χ1v) is 9.32. The van der Waals surface area contributed by atoms with E-state index in [1.165, 1.54) is 35.6 Å². The molecule has 0 fully saturated rings. The van der Waals surface area contributed by atoms with Crippen LogP contribution < -0.4 is 14.8 Å². The van der Waals surface area contributed by atoms with Crippen LogP contribution in [0.4, 0.5) is 5.13 Å². The minimum atomic E-state index is -0.666. The van der Waals surface area contributed by atoms with Crippen LogP contribution in [0.15, 0.2) is 47.8 Å². The molecule has 2 N–H and O–H groups in total. The minimum Gasteiger partial charge on any atom is -0.508 e. The summed E-state index contributed by atoms with van der Waals surface area (Å²) >= 11 is 1.23. The summed E-state index contributed by atoms with van der Waals surface area (Å²) in [7, 11) is 3.13. The number of amides is 1. The fourth-order valence-corrected chi connectivity index (χ4v) is 3.16. The Hall–Kier alpha value is -3.59. The monoisotopic (exact) mass is 414 g/mol. The number of methoxy groups -OCH3 is 2. The molecule has 1 aromatic heterocycles. The lowest BCUT2D eigenvalue weighted by Gasteiger charge is -2.08. The van der Waals surface area contributed by atoms with Crippen LogP contribution in [0.25, 0.3) is 11.3 Å². The highest BCUT2D eigenvalue weighted by atomic mass is 32.1. The van der Waals surface area contributed by atoms with E-state index in [1.54, 1.807) is 37.8 Å². The molecule has 0 unspecified atom stereocenters. The number of esters is 1. The molecule has 29 heavy (non-hydrogen) atoms. The first-order valence-electron chi connectivity index (χ1n) is 8.44. The number of thiazole rings is 1. The van der Waals surface area contributed by atoms with Gasteiger partial charge in [0.1, 0.15) is 17.2 Å². The third-order valence-corrected chi connectivity index (χ3v) is 4.63. The van der Waals surface area contributed by atoms with Crippen LogP contribution in [0.5, 0.6) is 17.2 Å². The van der Waals surface area contributed by atoms with Crippen LogP contribution in [0.3, 0.4) is 0 Å². The van der Waals surface area contributed by atoms with Gasteiger partial charge in [0.15, 0.2) is 11.7 Å². The molecule has 0 aliphatic carbocycles. The van der Waals surface area contributed by atoms with Gasteiger partial charge in [-0.2, -0.15) is 0 Å². The van der Waals surface area contributed by atoms with Crippen molar-refractivity contribution in [2.75, 3.05) is 26.1 Å². The average Bonchev–Trinajstić information content (AvgIpc) is 3.20. The van der Waals surface area contributed by atoms with Crippen LogP contribution in [0.2, 0.25) is 0 Å². The number of benzene rings is 2. The van der Waals surface area contributed by atoms with E-state index < -0.39 is 18.5 Å². The Morgan fingerprint density at radius 3 is 2.55 bits per heavy atom. The standard InChI is InChI=1S/C20H18N2O6S/c1-26-14-7-8-17(27-2)15(9-14)16-11-29-20(21-16)22-18(24)10-28-19(25)12-3-5-13(23)6-4-12/h3-9,11,23H,10H2,1-2H3,(H,21,22,24). The normalized spacial score (nSPS) is 10.3. The molecule has 1 heterocycles. The Balaban J connectivity index is 1.62. The van der Waals surface area contributed by atoms with Gasteiger partial charge in [-0.15, -0.1) is 11.3 Å². The summed E-state index contributed by atoms with van der Waals surface area (Å²) in [4.78, 5) is 28.4. The molecule has 0 radical (unpaired) electrons. The number of aromatic nitrogens is 1. The van der Waals surface area contributed by atoms with Crippen molar-refractivity contribution >= 4 is 28.3 Å². The second kappa shape index (κ2) is 9.07. The van der Waals surface area contributed by atoms with E-state index in [1.807, 2.05) is 0 Å². The maximum absolute atomic E-state index is 12.1. The summed E-state index contributed by atoms with van der Waals surface area (Å²) in [5.74, 6) is 0.126. The molecule has 0 atom stereocenters. The number of aromatic hydroxyl groups is 1. The summed E-state index contributed by atoms with van der Waals surface area (Å²) in [6.45, 7) is -0.461. The molecule has 3 aromatic rings. The molecule has 9 heteroatoms. The molecule has 0 aliphatic rings. The highest BCUT2D eigenvalue weighted by Crippen LogP contribution is 2.35. The van der Waals surface area contributed by atoms with Gasteiger partial charge in [-0.25, -0.2) is 9.78 Å². The zero-order chi connectivity index (χ0) is 20.8. The maximum Gasteiger partial charge on any atom is 0.338 e. The number of rotatable bonds is 7. The number of carbonyl (C=O) groups is 2. The number of nitrogens with zero attached hydrogens (tertiary/aromatic N) is 1.